The highest BCUT2D eigenvalue weighted by Gasteiger charge is 2.35. The second-order valence-electron chi connectivity index (χ2n) is 8.78. The Labute approximate surface area is 198 Å². The van der Waals surface area contributed by atoms with Gasteiger partial charge in [0, 0.05) is 45.2 Å². The number of sulfonamides is 1. The maximum atomic E-state index is 13.2. The second-order valence-corrected chi connectivity index (χ2v) is 10.7. The van der Waals surface area contributed by atoms with E-state index in [0.29, 0.717) is 44.8 Å². The number of fused-ring (bicyclic) bond motifs is 1. The van der Waals surface area contributed by atoms with Crippen molar-refractivity contribution in [2.24, 2.45) is 5.92 Å². The first-order valence-electron chi connectivity index (χ1n) is 11.5. The summed E-state index contributed by atoms with van der Waals surface area (Å²) in [5.74, 6) is 0.0640. The molecule has 0 aliphatic carbocycles. The Bertz CT molecular complexity index is 1290. The minimum absolute atomic E-state index is 0.0489. The number of hydrogen-bond donors (Lipinski definition) is 0. The van der Waals surface area contributed by atoms with Gasteiger partial charge in [0.25, 0.3) is 5.91 Å². The molecule has 1 aromatic heterocycles. The summed E-state index contributed by atoms with van der Waals surface area (Å²) in [6.07, 6.45) is 2.67. The Kier molecular flexibility index (Phi) is 6.14. The number of rotatable bonds is 4. The van der Waals surface area contributed by atoms with Crippen LogP contribution in [0.25, 0.3) is 10.8 Å². The minimum atomic E-state index is -3.62. The van der Waals surface area contributed by atoms with Gasteiger partial charge in [0.2, 0.25) is 15.9 Å². The van der Waals surface area contributed by atoms with Crippen molar-refractivity contribution in [2.75, 3.05) is 39.3 Å². The summed E-state index contributed by atoms with van der Waals surface area (Å²) in [6, 6.07) is 16.2. The number of benzene rings is 2. The molecule has 0 radical (unpaired) electrons. The molecule has 2 aliphatic rings. The number of carbonyl (C=O) groups is 2. The Morgan fingerprint density at radius 1 is 0.794 bits per heavy atom. The molecule has 0 unspecified atom stereocenters. The van der Waals surface area contributed by atoms with Crippen LogP contribution in [-0.2, 0) is 14.8 Å². The first-order chi connectivity index (χ1) is 16.4. The monoisotopic (exact) mass is 481 g/mol. The third-order valence-corrected chi connectivity index (χ3v) is 8.67. The van der Waals surface area contributed by atoms with E-state index in [1.807, 2.05) is 30.3 Å². The quantitative estimate of drug-likeness (QED) is 0.572. The largest absolute Gasteiger partial charge is 0.459 e. The zero-order chi connectivity index (χ0) is 23.7. The van der Waals surface area contributed by atoms with Crippen LogP contribution in [0.4, 0.5) is 0 Å². The number of piperidine rings is 1. The molecule has 0 N–H and O–H groups in total. The molecule has 2 fully saturated rings. The van der Waals surface area contributed by atoms with Crippen molar-refractivity contribution in [3.8, 4) is 0 Å². The first kappa shape index (κ1) is 22.6. The van der Waals surface area contributed by atoms with Gasteiger partial charge in [0.05, 0.1) is 11.2 Å². The van der Waals surface area contributed by atoms with Crippen LogP contribution < -0.4 is 0 Å². The number of piperazine rings is 1. The van der Waals surface area contributed by atoms with Gasteiger partial charge in [0.15, 0.2) is 5.76 Å². The van der Waals surface area contributed by atoms with E-state index in [4.69, 9.17) is 4.42 Å². The number of hydrogen-bond acceptors (Lipinski definition) is 5. The Morgan fingerprint density at radius 3 is 2.18 bits per heavy atom. The number of furan rings is 1. The van der Waals surface area contributed by atoms with Gasteiger partial charge in [0.1, 0.15) is 0 Å². The van der Waals surface area contributed by atoms with Crippen molar-refractivity contribution in [3.63, 3.8) is 0 Å². The SMILES string of the molecule is O=C(c1ccco1)N1CCC(C(=O)N2CCN(S(=O)(=O)c3ccc4ccccc4c3)CC2)CC1. The molecule has 5 rings (SSSR count). The predicted molar refractivity (Wildman–Crippen MR) is 127 cm³/mol. The highest BCUT2D eigenvalue weighted by Crippen LogP contribution is 2.25. The summed E-state index contributed by atoms with van der Waals surface area (Å²) in [7, 11) is -3.62. The summed E-state index contributed by atoms with van der Waals surface area (Å²) in [5.41, 5.74) is 0. The lowest BCUT2D eigenvalue weighted by Crippen LogP contribution is -2.53. The van der Waals surface area contributed by atoms with Crippen LogP contribution in [0.3, 0.4) is 0 Å². The lowest BCUT2D eigenvalue weighted by molar-refractivity contribution is -0.138. The van der Waals surface area contributed by atoms with Crippen LogP contribution >= 0.6 is 0 Å². The molecule has 3 aromatic rings. The lowest BCUT2D eigenvalue weighted by atomic mass is 9.95. The van der Waals surface area contributed by atoms with Crippen molar-refractivity contribution in [2.45, 2.75) is 17.7 Å². The van der Waals surface area contributed by atoms with E-state index in [-0.39, 0.29) is 35.7 Å². The maximum Gasteiger partial charge on any atom is 0.289 e. The average molecular weight is 482 g/mol. The van der Waals surface area contributed by atoms with Crippen LogP contribution in [0.15, 0.2) is 70.2 Å². The topological polar surface area (TPSA) is 91.1 Å². The number of likely N-dealkylation sites (tertiary alicyclic amines) is 1. The van der Waals surface area contributed by atoms with E-state index < -0.39 is 10.0 Å². The van der Waals surface area contributed by atoms with Gasteiger partial charge < -0.3 is 14.2 Å². The Morgan fingerprint density at radius 2 is 1.50 bits per heavy atom. The molecule has 0 saturated carbocycles. The molecule has 178 valence electrons. The molecule has 2 saturated heterocycles. The molecule has 8 nitrogen and oxygen atoms in total. The highest BCUT2D eigenvalue weighted by molar-refractivity contribution is 7.89. The van der Waals surface area contributed by atoms with E-state index in [9.17, 15) is 18.0 Å². The normalized spacial score (nSPS) is 18.4. The van der Waals surface area contributed by atoms with Gasteiger partial charge >= 0.3 is 0 Å². The molecule has 0 spiro atoms. The van der Waals surface area contributed by atoms with Crippen molar-refractivity contribution < 1.29 is 22.4 Å². The van der Waals surface area contributed by atoms with Gasteiger partial charge in [-0.1, -0.05) is 30.3 Å². The van der Waals surface area contributed by atoms with Gasteiger partial charge in [-0.05, 0) is 47.9 Å². The lowest BCUT2D eigenvalue weighted by Gasteiger charge is -2.38. The van der Waals surface area contributed by atoms with Crippen LogP contribution in [0.5, 0.6) is 0 Å². The Hall–Kier alpha value is -3.17. The van der Waals surface area contributed by atoms with Crippen molar-refractivity contribution in [3.05, 3.63) is 66.6 Å². The summed E-state index contributed by atoms with van der Waals surface area (Å²) in [5, 5.41) is 1.88. The average Bonchev–Trinajstić information content (AvgIpc) is 3.43. The third-order valence-electron chi connectivity index (χ3n) is 6.77. The zero-order valence-electron chi connectivity index (χ0n) is 18.8. The molecule has 2 aromatic carbocycles. The van der Waals surface area contributed by atoms with E-state index in [0.717, 1.165) is 10.8 Å². The first-order valence-corrected chi connectivity index (χ1v) is 13.0. The van der Waals surface area contributed by atoms with Gasteiger partial charge in [-0.2, -0.15) is 4.31 Å². The molecule has 2 aliphatic heterocycles. The Balaban J connectivity index is 1.17. The van der Waals surface area contributed by atoms with E-state index in [1.54, 1.807) is 34.1 Å². The third kappa shape index (κ3) is 4.33. The number of amides is 2. The second kappa shape index (κ2) is 9.23. The van der Waals surface area contributed by atoms with Gasteiger partial charge in [-0.25, -0.2) is 8.42 Å². The zero-order valence-corrected chi connectivity index (χ0v) is 19.6. The van der Waals surface area contributed by atoms with E-state index in [2.05, 4.69) is 0 Å². The summed E-state index contributed by atoms with van der Waals surface area (Å²) >= 11 is 0. The molecule has 9 heteroatoms. The molecule has 0 bridgehead atoms. The molecule has 0 atom stereocenters. The molecular formula is C25H27N3O5S. The van der Waals surface area contributed by atoms with Crippen molar-refractivity contribution in [1.29, 1.82) is 0 Å². The van der Waals surface area contributed by atoms with Crippen molar-refractivity contribution >= 4 is 32.6 Å². The fraction of sp³-hybridized carbons (Fsp3) is 0.360. The van der Waals surface area contributed by atoms with Crippen LogP contribution in [-0.4, -0.2) is 73.6 Å². The highest BCUT2D eigenvalue weighted by atomic mass is 32.2. The van der Waals surface area contributed by atoms with Crippen LogP contribution in [0.1, 0.15) is 23.4 Å². The fourth-order valence-electron chi connectivity index (χ4n) is 4.77. The molecular weight excluding hydrogens is 454 g/mol. The molecule has 34 heavy (non-hydrogen) atoms. The van der Waals surface area contributed by atoms with Gasteiger partial charge in [-0.3, -0.25) is 9.59 Å². The molecule has 3 heterocycles. The summed E-state index contributed by atoms with van der Waals surface area (Å²) in [6.45, 7) is 2.31. The summed E-state index contributed by atoms with van der Waals surface area (Å²) < 4.78 is 33.0. The van der Waals surface area contributed by atoms with Crippen LogP contribution in [0, 0.1) is 5.92 Å². The maximum absolute atomic E-state index is 13.2. The van der Waals surface area contributed by atoms with Crippen molar-refractivity contribution in [1.82, 2.24) is 14.1 Å². The minimum Gasteiger partial charge on any atom is -0.459 e. The number of nitrogens with zero attached hydrogens (tertiary/aromatic N) is 3. The fourth-order valence-corrected chi connectivity index (χ4v) is 6.23. The number of carbonyl (C=O) groups excluding carboxylic acids is 2. The van der Waals surface area contributed by atoms with Crippen LogP contribution in [0.2, 0.25) is 0 Å². The smallest absolute Gasteiger partial charge is 0.289 e. The molecule has 2 amide bonds. The summed E-state index contributed by atoms with van der Waals surface area (Å²) in [4.78, 5) is 29.3. The van der Waals surface area contributed by atoms with Gasteiger partial charge in [-0.15, -0.1) is 0 Å². The predicted octanol–water partition coefficient (Wildman–Crippen LogP) is 2.82. The van der Waals surface area contributed by atoms with E-state index >= 15 is 0 Å². The van der Waals surface area contributed by atoms with E-state index in [1.165, 1.54) is 10.6 Å². The standard InChI is InChI=1S/C25H27N3O5S/c29-24(20-9-11-26(12-10-20)25(30)23-6-3-17-33-23)27-13-15-28(16-14-27)34(31,32)22-8-7-19-4-1-2-5-21(19)18-22/h1-8,17-18,20H,9-16H2.